The third-order valence-electron chi connectivity index (χ3n) is 4.32. The molecule has 2 rings (SSSR count). The van der Waals surface area contributed by atoms with Crippen molar-refractivity contribution in [3.8, 4) is 0 Å². The largest absolute Gasteiger partial charge is 0.490 e. The molecule has 0 aliphatic carbocycles. The first-order valence-corrected chi connectivity index (χ1v) is 8.85. The zero-order valence-corrected chi connectivity index (χ0v) is 14.8. The zero-order valence-electron chi connectivity index (χ0n) is 14.0. The van der Waals surface area contributed by atoms with Crippen LogP contribution in [0.1, 0.15) is 40.2 Å². The van der Waals surface area contributed by atoms with Crippen LogP contribution in [-0.4, -0.2) is 26.7 Å². The van der Waals surface area contributed by atoms with E-state index in [1.54, 1.807) is 31.2 Å². The number of benzene rings is 1. The van der Waals surface area contributed by atoms with E-state index < -0.39 is 28.2 Å². The average molecular weight is 322 g/mol. The van der Waals surface area contributed by atoms with Gasteiger partial charge in [-0.1, -0.05) is 17.7 Å². The molecule has 1 aromatic carbocycles. The summed E-state index contributed by atoms with van der Waals surface area (Å²) in [6.45, 7) is 11.4. The minimum absolute atomic E-state index is 0.272. The second-order valence-corrected chi connectivity index (χ2v) is 8.61. The van der Waals surface area contributed by atoms with Crippen LogP contribution in [0.25, 0.3) is 0 Å². The lowest BCUT2D eigenvalue weighted by atomic mass is 9.81. The maximum absolute atomic E-state index is 12.4. The molecule has 0 saturated carbocycles. The summed E-state index contributed by atoms with van der Waals surface area (Å²) in [5.41, 5.74) is 0.589. The van der Waals surface area contributed by atoms with E-state index in [9.17, 15) is 8.42 Å². The van der Waals surface area contributed by atoms with E-state index in [-0.39, 0.29) is 4.90 Å². The fourth-order valence-corrected chi connectivity index (χ4v) is 3.38. The van der Waals surface area contributed by atoms with Crippen LogP contribution in [0, 0.1) is 6.92 Å². The summed E-state index contributed by atoms with van der Waals surface area (Å²) in [5.74, 6) is 0. The van der Waals surface area contributed by atoms with Gasteiger partial charge in [-0.2, -0.15) is 0 Å². The molecule has 22 heavy (non-hydrogen) atoms. The molecule has 0 N–H and O–H groups in total. The normalized spacial score (nSPS) is 21.2. The van der Waals surface area contributed by atoms with Gasteiger partial charge >= 0.3 is 7.12 Å². The molecule has 1 saturated heterocycles. The number of aryl methyl sites for hydroxylation is 1. The van der Waals surface area contributed by atoms with Crippen molar-refractivity contribution >= 4 is 17.0 Å². The molecule has 1 aromatic rings. The Kier molecular flexibility index (Phi) is 4.32. The average Bonchev–Trinajstić information content (AvgIpc) is 2.58. The lowest BCUT2D eigenvalue weighted by molar-refractivity contribution is 0.00578. The van der Waals surface area contributed by atoms with Crippen LogP contribution in [-0.2, 0) is 19.1 Å². The van der Waals surface area contributed by atoms with Crippen LogP contribution < -0.4 is 0 Å². The lowest BCUT2D eigenvalue weighted by Crippen LogP contribution is -2.41. The highest BCUT2D eigenvalue weighted by atomic mass is 32.2. The van der Waals surface area contributed by atoms with Crippen LogP contribution in [0.3, 0.4) is 0 Å². The molecule has 1 aliphatic heterocycles. The van der Waals surface area contributed by atoms with E-state index in [1.165, 1.54) is 5.41 Å². The first-order chi connectivity index (χ1) is 9.95. The number of hydrogen-bond donors (Lipinski definition) is 0. The molecule has 0 spiro atoms. The van der Waals surface area contributed by atoms with Crippen LogP contribution in [0.15, 0.2) is 40.0 Å². The minimum atomic E-state index is -3.51. The predicted octanol–water partition coefficient (Wildman–Crippen LogP) is 3.30. The fourth-order valence-electron chi connectivity index (χ4n) is 2.13. The molecule has 0 amide bonds. The quantitative estimate of drug-likeness (QED) is 0.801. The molecule has 1 aliphatic rings. The Morgan fingerprint density at radius 2 is 1.50 bits per heavy atom. The van der Waals surface area contributed by atoms with E-state index in [0.29, 0.717) is 5.47 Å². The van der Waals surface area contributed by atoms with Crippen LogP contribution >= 0.6 is 0 Å². The molecule has 1 heterocycles. The lowest BCUT2D eigenvalue weighted by Gasteiger charge is -2.32. The molecular formula is C16H23BO4S. The summed E-state index contributed by atoms with van der Waals surface area (Å²) >= 11 is 0. The van der Waals surface area contributed by atoms with Gasteiger partial charge in [0.1, 0.15) is 0 Å². The first kappa shape index (κ1) is 17.3. The van der Waals surface area contributed by atoms with Crippen LogP contribution in [0.2, 0.25) is 0 Å². The molecule has 4 nitrogen and oxygen atoms in total. The second-order valence-electron chi connectivity index (χ2n) is 6.81. The summed E-state index contributed by atoms with van der Waals surface area (Å²) in [5, 5.41) is 1.24. The number of sulfone groups is 1. The first-order valence-electron chi connectivity index (χ1n) is 7.30. The van der Waals surface area contributed by atoms with Crippen molar-refractivity contribution in [1.29, 1.82) is 0 Å². The van der Waals surface area contributed by atoms with Crippen LogP contribution in [0.4, 0.5) is 0 Å². The van der Waals surface area contributed by atoms with E-state index in [2.05, 4.69) is 0 Å². The van der Waals surface area contributed by atoms with Gasteiger partial charge in [-0.25, -0.2) is 8.42 Å². The highest BCUT2D eigenvalue weighted by Gasteiger charge is 2.51. The van der Waals surface area contributed by atoms with Crippen molar-refractivity contribution in [2.24, 2.45) is 0 Å². The third kappa shape index (κ3) is 3.29. The van der Waals surface area contributed by atoms with Gasteiger partial charge in [-0.05, 0) is 59.1 Å². The summed E-state index contributed by atoms with van der Waals surface area (Å²) in [6.07, 6.45) is 0. The molecule has 0 unspecified atom stereocenters. The molecule has 0 aromatic heterocycles. The SMILES string of the molecule is C/C(=C\S(=O)(=O)c1ccc(C)cc1)B1OC(C)(C)C(C)(C)O1. The Balaban J connectivity index is 2.28. The number of hydrogen-bond acceptors (Lipinski definition) is 4. The van der Waals surface area contributed by atoms with E-state index in [0.717, 1.165) is 5.56 Å². The predicted molar refractivity (Wildman–Crippen MR) is 88.2 cm³/mol. The number of rotatable bonds is 3. The maximum Gasteiger partial charge on any atom is 0.490 e. The number of allylic oxidation sites excluding steroid dienone is 1. The molecule has 0 radical (unpaired) electrons. The summed E-state index contributed by atoms with van der Waals surface area (Å²) < 4.78 is 36.6. The van der Waals surface area contributed by atoms with Gasteiger partial charge in [0.25, 0.3) is 0 Å². The summed E-state index contributed by atoms with van der Waals surface area (Å²) in [6, 6.07) is 6.78. The van der Waals surface area contributed by atoms with Crippen molar-refractivity contribution in [2.45, 2.75) is 57.6 Å². The molecular weight excluding hydrogens is 299 g/mol. The van der Waals surface area contributed by atoms with Gasteiger partial charge in [0.15, 0.2) is 9.84 Å². The molecule has 0 atom stereocenters. The summed E-state index contributed by atoms with van der Waals surface area (Å²) in [4.78, 5) is 0.272. The van der Waals surface area contributed by atoms with Gasteiger partial charge in [-0.3, -0.25) is 0 Å². The van der Waals surface area contributed by atoms with Crippen molar-refractivity contribution < 1.29 is 17.7 Å². The van der Waals surface area contributed by atoms with Crippen molar-refractivity contribution in [3.63, 3.8) is 0 Å². The van der Waals surface area contributed by atoms with Crippen molar-refractivity contribution in [3.05, 3.63) is 40.7 Å². The van der Waals surface area contributed by atoms with E-state index >= 15 is 0 Å². The van der Waals surface area contributed by atoms with E-state index in [4.69, 9.17) is 9.31 Å². The second kappa shape index (κ2) is 5.51. The van der Waals surface area contributed by atoms with Gasteiger partial charge in [0.05, 0.1) is 16.1 Å². The Bertz CT molecular complexity index is 671. The Labute approximate surface area is 133 Å². The van der Waals surface area contributed by atoms with Gasteiger partial charge in [0, 0.05) is 5.41 Å². The van der Waals surface area contributed by atoms with Gasteiger partial charge in [-0.15, -0.1) is 0 Å². The highest BCUT2D eigenvalue weighted by Crippen LogP contribution is 2.38. The standard InChI is InChI=1S/C16H23BO4S/c1-12-7-9-14(10-8-12)22(18,19)11-13(2)17-20-15(3,4)16(5,6)21-17/h7-11H,1-6H3/b13-11+. The molecule has 6 heteroatoms. The van der Waals surface area contributed by atoms with Gasteiger partial charge in [0.2, 0.25) is 0 Å². The highest BCUT2D eigenvalue weighted by molar-refractivity contribution is 7.94. The Hall–Kier alpha value is -1.11. The van der Waals surface area contributed by atoms with Crippen LogP contribution in [0.5, 0.6) is 0 Å². The van der Waals surface area contributed by atoms with Crippen molar-refractivity contribution in [1.82, 2.24) is 0 Å². The van der Waals surface area contributed by atoms with Gasteiger partial charge < -0.3 is 9.31 Å². The Morgan fingerprint density at radius 1 is 1.05 bits per heavy atom. The smallest absolute Gasteiger partial charge is 0.400 e. The topological polar surface area (TPSA) is 52.6 Å². The molecule has 1 fully saturated rings. The third-order valence-corrected chi connectivity index (χ3v) is 5.93. The molecule has 0 bridgehead atoms. The monoisotopic (exact) mass is 322 g/mol. The Morgan fingerprint density at radius 3 is 1.95 bits per heavy atom. The minimum Gasteiger partial charge on any atom is -0.400 e. The molecule has 120 valence electrons. The van der Waals surface area contributed by atoms with Crippen molar-refractivity contribution in [2.75, 3.05) is 0 Å². The fraction of sp³-hybridized carbons (Fsp3) is 0.500. The maximum atomic E-state index is 12.4. The zero-order chi connectivity index (χ0) is 16.8. The summed E-state index contributed by atoms with van der Waals surface area (Å²) in [7, 11) is -4.16. The van der Waals surface area contributed by atoms with E-state index in [1.807, 2.05) is 34.6 Å².